The molecule has 0 aliphatic heterocycles. The molecule has 0 aliphatic rings. The first-order valence-corrected chi connectivity index (χ1v) is 5.85. The molecule has 0 radical (unpaired) electrons. The van der Waals surface area contributed by atoms with Crippen molar-refractivity contribution < 1.29 is 9.53 Å². The van der Waals surface area contributed by atoms with Crippen molar-refractivity contribution in [2.75, 3.05) is 6.61 Å². The van der Waals surface area contributed by atoms with Gasteiger partial charge in [-0.05, 0) is 30.7 Å². The quantitative estimate of drug-likeness (QED) is 0.630. The van der Waals surface area contributed by atoms with E-state index in [4.69, 9.17) is 16.3 Å². The van der Waals surface area contributed by atoms with Crippen molar-refractivity contribution >= 4 is 17.6 Å². The highest BCUT2D eigenvalue weighted by molar-refractivity contribution is 6.28. The first kappa shape index (κ1) is 12.5. The van der Waals surface area contributed by atoms with Gasteiger partial charge in [-0.15, -0.1) is 0 Å². The Hall–Kier alpha value is -1.94. The van der Waals surface area contributed by atoms with Gasteiger partial charge >= 0.3 is 5.97 Å². The highest BCUT2D eigenvalue weighted by atomic mass is 35.5. The van der Waals surface area contributed by atoms with Gasteiger partial charge in [0.2, 0.25) is 5.28 Å². The molecule has 1 heterocycles. The zero-order chi connectivity index (χ0) is 13.0. The second-order valence-electron chi connectivity index (χ2n) is 3.48. The second kappa shape index (κ2) is 5.60. The molecular formula is C13H11ClN2O2. The lowest BCUT2D eigenvalue weighted by atomic mass is 10.0. The summed E-state index contributed by atoms with van der Waals surface area (Å²) in [4.78, 5) is 19.7. The van der Waals surface area contributed by atoms with Crippen LogP contribution in [0.2, 0.25) is 5.28 Å². The fraction of sp³-hybridized carbons (Fsp3) is 0.154. The summed E-state index contributed by atoms with van der Waals surface area (Å²) < 4.78 is 5.00. The van der Waals surface area contributed by atoms with E-state index in [-0.39, 0.29) is 11.3 Å². The van der Waals surface area contributed by atoms with E-state index in [1.807, 2.05) is 6.07 Å². The maximum atomic E-state index is 11.8. The van der Waals surface area contributed by atoms with Crippen LogP contribution < -0.4 is 0 Å². The predicted octanol–water partition coefficient (Wildman–Crippen LogP) is 2.97. The molecule has 0 N–H and O–H groups in total. The maximum absolute atomic E-state index is 11.8. The zero-order valence-corrected chi connectivity index (χ0v) is 10.5. The first-order chi connectivity index (χ1) is 8.72. The van der Waals surface area contributed by atoms with Crippen molar-refractivity contribution in [2.24, 2.45) is 0 Å². The molecule has 0 saturated heterocycles. The second-order valence-corrected chi connectivity index (χ2v) is 3.82. The summed E-state index contributed by atoms with van der Waals surface area (Å²) in [6.07, 6.45) is 1.55. The molecule has 0 spiro atoms. The highest BCUT2D eigenvalue weighted by Gasteiger charge is 2.14. The number of rotatable bonds is 3. The average Bonchev–Trinajstić information content (AvgIpc) is 2.39. The van der Waals surface area contributed by atoms with Gasteiger partial charge in [0.25, 0.3) is 0 Å². The van der Waals surface area contributed by atoms with Gasteiger partial charge in [0.15, 0.2) is 0 Å². The number of carbonyl (C=O) groups excluding carboxylic acids is 1. The monoisotopic (exact) mass is 262 g/mol. The fourth-order valence-corrected chi connectivity index (χ4v) is 1.73. The van der Waals surface area contributed by atoms with E-state index in [1.165, 1.54) is 0 Å². The van der Waals surface area contributed by atoms with E-state index < -0.39 is 0 Å². The lowest BCUT2D eigenvalue weighted by Gasteiger charge is -2.07. The summed E-state index contributed by atoms with van der Waals surface area (Å²) in [6, 6.07) is 8.80. The number of ether oxygens (including phenoxy) is 1. The Balaban J connectivity index is 2.48. The van der Waals surface area contributed by atoms with Gasteiger partial charge in [0, 0.05) is 11.8 Å². The van der Waals surface area contributed by atoms with E-state index >= 15 is 0 Å². The van der Waals surface area contributed by atoms with Crippen molar-refractivity contribution in [2.45, 2.75) is 6.92 Å². The molecule has 2 aromatic rings. The van der Waals surface area contributed by atoms with Crippen LogP contribution in [0, 0.1) is 0 Å². The number of benzene rings is 1. The van der Waals surface area contributed by atoms with Crippen LogP contribution in [0.25, 0.3) is 11.3 Å². The molecule has 1 aromatic heterocycles. The van der Waals surface area contributed by atoms with Gasteiger partial charge < -0.3 is 4.74 Å². The molecule has 0 saturated carbocycles. The van der Waals surface area contributed by atoms with Gasteiger partial charge in [-0.1, -0.05) is 18.2 Å². The zero-order valence-electron chi connectivity index (χ0n) is 9.76. The molecular weight excluding hydrogens is 252 g/mol. The summed E-state index contributed by atoms with van der Waals surface area (Å²) in [5.74, 6) is -0.372. The van der Waals surface area contributed by atoms with Gasteiger partial charge in [0.1, 0.15) is 0 Å². The van der Waals surface area contributed by atoms with Crippen LogP contribution >= 0.6 is 11.6 Å². The molecule has 1 aromatic carbocycles. The van der Waals surface area contributed by atoms with Crippen molar-refractivity contribution in [3.8, 4) is 11.3 Å². The Morgan fingerprint density at radius 1 is 1.33 bits per heavy atom. The van der Waals surface area contributed by atoms with Gasteiger partial charge in [0.05, 0.1) is 17.9 Å². The molecule has 0 bridgehead atoms. The molecule has 92 valence electrons. The van der Waals surface area contributed by atoms with Gasteiger partial charge in [-0.25, -0.2) is 14.8 Å². The Morgan fingerprint density at radius 2 is 2.11 bits per heavy atom. The molecule has 0 aliphatic carbocycles. The summed E-state index contributed by atoms with van der Waals surface area (Å²) in [5.41, 5.74) is 1.74. The third kappa shape index (κ3) is 2.65. The summed E-state index contributed by atoms with van der Waals surface area (Å²) in [6.45, 7) is 2.10. The summed E-state index contributed by atoms with van der Waals surface area (Å²) >= 11 is 5.75. The molecule has 0 fully saturated rings. The molecule has 0 atom stereocenters. The minimum atomic E-state index is -0.372. The van der Waals surface area contributed by atoms with Crippen LogP contribution in [0.1, 0.15) is 17.3 Å². The van der Waals surface area contributed by atoms with Crippen molar-refractivity contribution in [1.82, 2.24) is 9.97 Å². The van der Waals surface area contributed by atoms with Gasteiger partial charge in [-0.3, -0.25) is 0 Å². The molecule has 18 heavy (non-hydrogen) atoms. The van der Waals surface area contributed by atoms with Crippen LogP contribution in [0.15, 0.2) is 36.5 Å². The van der Waals surface area contributed by atoms with E-state index in [2.05, 4.69) is 9.97 Å². The maximum Gasteiger partial charge on any atom is 0.338 e. The van der Waals surface area contributed by atoms with Crippen molar-refractivity contribution in [3.05, 3.63) is 47.4 Å². The van der Waals surface area contributed by atoms with E-state index in [0.717, 1.165) is 0 Å². The Kier molecular flexibility index (Phi) is 3.89. The summed E-state index contributed by atoms with van der Waals surface area (Å²) in [7, 11) is 0. The number of aromatic nitrogens is 2. The third-order valence-corrected chi connectivity index (χ3v) is 2.51. The third-order valence-electron chi connectivity index (χ3n) is 2.32. The van der Waals surface area contributed by atoms with Crippen LogP contribution in [0.3, 0.4) is 0 Å². The molecule has 0 amide bonds. The molecule has 0 unspecified atom stereocenters. The number of hydrogen-bond acceptors (Lipinski definition) is 4. The Morgan fingerprint density at radius 3 is 2.83 bits per heavy atom. The summed E-state index contributed by atoms with van der Waals surface area (Å²) in [5, 5.41) is 0.145. The van der Waals surface area contributed by atoms with Crippen molar-refractivity contribution in [1.29, 1.82) is 0 Å². The standard InChI is InChI=1S/C13H11ClN2O2/c1-2-18-12(17)10-6-4-3-5-9(10)11-7-8-15-13(14)16-11/h3-8H,2H2,1H3. The largest absolute Gasteiger partial charge is 0.462 e. The van der Waals surface area contributed by atoms with Crippen LogP contribution in [0.5, 0.6) is 0 Å². The minimum absolute atomic E-state index is 0.145. The van der Waals surface area contributed by atoms with Crippen molar-refractivity contribution in [3.63, 3.8) is 0 Å². The van der Waals surface area contributed by atoms with Crippen LogP contribution in [-0.2, 0) is 4.74 Å². The lowest BCUT2D eigenvalue weighted by molar-refractivity contribution is 0.0527. The number of carbonyl (C=O) groups is 1. The smallest absolute Gasteiger partial charge is 0.338 e. The number of esters is 1. The molecule has 5 heteroatoms. The molecule has 4 nitrogen and oxygen atoms in total. The SMILES string of the molecule is CCOC(=O)c1ccccc1-c1ccnc(Cl)n1. The van der Waals surface area contributed by atoms with E-state index in [0.29, 0.717) is 23.4 Å². The van der Waals surface area contributed by atoms with Gasteiger partial charge in [-0.2, -0.15) is 0 Å². The van der Waals surface area contributed by atoms with E-state index in [1.54, 1.807) is 37.4 Å². The van der Waals surface area contributed by atoms with Crippen LogP contribution in [0.4, 0.5) is 0 Å². The highest BCUT2D eigenvalue weighted by Crippen LogP contribution is 2.23. The minimum Gasteiger partial charge on any atom is -0.462 e. The topological polar surface area (TPSA) is 52.1 Å². The molecule has 2 rings (SSSR count). The van der Waals surface area contributed by atoms with E-state index in [9.17, 15) is 4.79 Å². The normalized spacial score (nSPS) is 10.1. The number of hydrogen-bond donors (Lipinski definition) is 0. The Bertz CT molecular complexity index is 572. The number of halogens is 1. The van der Waals surface area contributed by atoms with Crippen LogP contribution in [-0.4, -0.2) is 22.5 Å². The first-order valence-electron chi connectivity index (χ1n) is 5.47. The Labute approximate surface area is 110 Å². The number of nitrogens with zero attached hydrogens (tertiary/aromatic N) is 2. The lowest BCUT2D eigenvalue weighted by Crippen LogP contribution is -2.06. The average molecular weight is 263 g/mol. The predicted molar refractivity (Wildman–Crippen MR) is 68.4 cm³/mol. The fourth-order valence-electron chi connectivity index (χ4n) is 1.58.